The average molecular weight is 490 g/mol. The Kier molecular flexibility index (Phi) is 7.69. The van der Waals surface area contributed by atoms with Crippen LogP contribution in [0.2, 0.25) is 0 Å². The Bertz CT molecular complexity index is 929. The molecule has 0 aliphatic carbocycles. The lowest BCUT2D eigenvalue weighted by Gasteiger charge is -2.38. The quantitative estimate of drug-likeness (QED) is 0.459. The molecular weight excluding hydrogens is 462 g/mol. The van der Waals surface area contributed by atoms with E-state index in [2.05, 4.69) is 10.6 Å². The Morgan fingerprint density at radius 2 is 1.65 bits per heavy atom. The van der Waals surface area contributed by atoms with E-state index in [1.807, 2.05) is 13.8 Å². The highest BCUT2D eigenvalue weighted by Gasteiger charge is 2.41. The molecule has 1 aromatic carbocycles. The molecule has 2 N–H and O–H groups in total. The molecule has 1 aromatic heterocycles. The molecule has 2 heterocycles. The number of rotatable bonds is 7. The molecule has 0 saturated carbocycles. The first-order valence-corrected chi connectivity index (χ1v) is 11.1. The molecule has 1 fully saturated rings. The van der Waals surface area contributed by atoms with Crippen LogP contribution in [0.3, 0.4) is 0 Å². The van der Waals surface area contributed by atoms with Gasteiger partial charge in [0.15, 0.2) is 0 Å². The van der Waals surface area contributed by atoms with Gasteiger partial charge in [0.05, 0.1) is 28.8 Å². The minimum atomic E-state index is -4.95. The summed E-state index contributed by atoms with van der Waals surface area (Å²) in [6.07, 6.45) is -7.05. The van der Waals surface area contributed by atoms with E-state index in [0.29, 0.717) is 44.5 Å². The van der Waals surface area contributed by atoms with E-state index in [1.165, 1.54) is 6.26 Å². The number of nitrogens with one attached hydrogen (secondary N) is 2. The number of amides is 1. The second-order valence-electron chi connectivity index (χ2n) is 9.29. The highest BCUT2D eigenvalue weighted by Crippen LogP contribution is 2.39. The van der Waals surface area contributed by atoms with Crippen molar-refractivity contribution in [2.75, 3.05) is 13.1 Å². The number of benzene rings is 1. The minimum Gasteiger partial charge on any atom is -0.467 e. The van der Waals surface area contributed by atoms with Crippen molar-refractivity contribution in [3.8, 4) is 0 Å². The van der Waals surface area contributed by atoms with E-state index in [1.54, 1.807) is 12.1 Å². The molecular formula is C24H28F6N2O2. The van der Waals surface area contributed by atoms with E-state index < -0.39 is 34.9 Å². The molecule has 1 aliphatic rings. The van der Waals surface area contributed by atoms with Gasteiger partial charge in [-0.2, -0.15) is 26.3 Å². The molecule has 188 valence electrons. The number of piperidine rings is 1. The van der Waals surface area contributed by atoms with Crippen LogP contribution < -0.4 is 10.6 Å². The van der Waals surface area contributed by atoms with Gasteiger partial charge in [-0.05, 0) is 80.6 Å². The van der Waals surface area contributed by atoms with Gasteiger partial charge in [0.1, 0.15) is 5.76 Å². The summed E-state index contributed by atoms with van der Waals surface area (Å²) in [6.45, 7) is 5.30. The summed E-state index contributed by atoms with van der Waals surface area (Å²) in [6, 6.07) is 3.64. The van der Waals surface area contributed by atoms with Crippen LogP contribution >= 0.6 is 0 Å². The van der Waals surface area contributed by atoms with Crippen molar-refractivity contribution < 1.29 is 35.6 Å². The maximum Gasteiger partial charge on any atom is 0.416 e. The molecule has 0 radical (unpaired) electrons. The lowest BCUT2D eigenvalue weighted by atomic mass is 9.72. The third-order valence-corrected chi connectivity index (χ3v) is 6.12. The van der Waals surface area contributed by atoms with Gasteiger partial charge in [-0.15, -0.1) is 0 Å². The molecule has 2 aromatic rings. The average Bonchev–Trinajstić information content (AvgIpc) is 3.27. The van der Waals surface area contributed by atoms with Gasteiger partial charge >= 0.3 is 12.4 Å². The summed E-state index contributed by atoms with van der Waals surface area (Å²) >= 11 is 0. The largest absolute Gasteiger partial charge is 0.467 e. The predicted octanol–water partition coefficient (Wildman–Crippen LogP) is 6.13. The van der Waals surface area contributed by atoms with Crippen molar-refractivity contribution in [2.24, 2.45) is 11.3 Å². The second kappa shape index (κ2) is 10.0. The third-order valence-electron chi connectivity index (χ3n) is 6.12. The van der Waals surface area contributed by atoms with Crippen molar-refractivity contribution in [1.82, 2.24) is 10.6 Å². The first kappa shape index (κ1) is 26.1. The second-order valence-corrected chi connectivity index (χ2v) is 9.29. The van der Waals surface area contributed by atoms with Crippen LogP contribution in [0.5, 0.6) is 0 Å². The SMILES string of the molecule is CC(C)CC1(C(=O)NC(Cc2cc(C(F)(F)F)cc(C(F)(F)F)c2)c2ccco2)CCNCC1. The van der Waals surface area contributed by atoms with E-state index in [9.17, 15) is 31.1 Å². The Hall–Kier alpha value is -2.49. The summed E-state index contributed by atoms with van der Waals surface area (Å²) in [4.78, 5) is 13.5. The molecule has 34 heavy (non-hydrogen) atoms. The van der Waals surface area contributed by atoms with Crippen LogP contribution in [0.1, 0.15) is 61.6 Å². The van der Waals surface area contributed by atoms with Gasteiger partial charge in [-0.1, -0.05) is 13.8 Å². The van der Waals surface area contributed by atoms with E-state index >= 15 is 0 Å². The summed E-state index contributed by atoms with van der Waals surface area (Å²) in [5.74, 6) is 0.212. The zero-order valence-corrected chi connectivity index (χ0v) is 18.9. The van der Waals surface area contributed by atoms with Crippen molar-refractivity contribution in [3.05, 3.63) is 59.0 Å². The first-order chi connectivity index (χ1) is 15.8. The first-order valence-electron chi connectivity index (χ1n) is 11.1. The summed E-state index contributed by atoms with van der Waals surface area (Å²) < 4.78 is 85.3. The molecule has 1 saturated heterocycles. The molecule has 1 unspecified atom stereocenters. The number of halogens is 6. The minimum absolute atomic E-state index is 0.0939. The number of furan rings is 1. The molecule has 3 rings (SSSR count). The number of carbonyl (C=O) groups excluding carboxylic acids is 1. The van der Waals surface area contributed by atoms with Crippen LogP contribution in [-0.4, -0.2) is 19.0 Å². The third kappa shape index (κ3) is 6.34. The maximum atomic E-state index is 13.5. The van der Waals surface area contributed by atoms with Crippen molar-refractivity contribution >= 4 is 5.91 Å². The summed E-state index contributed by atoms with van der Waals surface area (Å²) in [7, 11) is 0. The van der Waals surface area contributed by atoms with Gasteiger partial charge < -0.3 is 15.1 Å². The maximum absolute atomic E-state index is 13.5. The number of hydrogen-bond donors (Lipinski definition) is 2. The van der Waals surface area contributed by atoms with Crippen LogP contribution in [0, 0.1) is 11.3 Å². The monoisotopic (exact) mass is 490 g/mol. The van der Waals surface area contributed by atoms with Crippen molar-refractivity contribution in [3.63, 3.8) is 0 Å². The normalized spacial score (nSPS) is 17.6. The molecule has 1 amide bonds. The fourth-order valence-corrected chi connectivity index (χ4v) is 4.61. The fraction of sp³-hybridized carbons (Fsp3) is 0.542. The van der Waals surface area contributed by atoms with E-state index in [4.69, 9.17) is 4.42 Å². The Labute approximate surface area is 194 Å². The number of carbonyl (C=O) groups is 1. The molecule has 0 bridgehead atoms. The summed E-state index contributed by atoms with van der Waals surface area (Å²) in [5.41, 5.74) is -3.66. The van der Waals surface area contributed by atoms with E-state index in [-0.39, 0.29) is 35.6 Å². The van der Waals surface area contributed by atoms with Gasteiger partial charge in [0, 0.05) is 0 Å². The van der Waals surface area contributed by atoms with Crippen LogP contribution in [0.15, 0.2) is 41.0 Å². The highest BCUT2D eigenvalue weighted by molar-refractivity contribution is 5.83. The van der Waals surface area contributed by atoms with Crippen LogP contribution in [-0.2, 0) is 23.6 Å². The zero-order chi connectivity index (χ0) is 25.1. The van der Waals surface area contributed by atoms with Gasteiger partial charge in [0.25, 0.3) is 0 Å². The Morgan fingerprint density at radius 3 is 2.12 bits per heavy atom. The van der Waals surface area contributed by atoms with Crippen molar-refractivity contribution in [1.29, 1.82) is 0 Å². The van der Waals surface area contributed by atoms with Gasteiger partial charge in [0.2, 0.25) is 5.91 Å². The van der Waals surface area contributed by atoms with Crippen LogP contribution in [0.25, 0.3) is 0 Å². The van der Waals surface area contributed by atoms with Crippen LogP contribution in [0.4, 0.5) is 26.3 Å². The molecule has 1 atom stereocenters. The zero-order valence-electron chi connectivity index (χ0n) is 18.9. The molecule has 10 heteroatoms. The van der Waals surface area contributed by atoms with Gasteiger partial charge in [-0.25, -0.2) is 0 Å². The number of hydrogen-bond acceptors (Lipinski definition) is 3. The summed E-state index contributed by atoms with van der Waals surface area (Å²) in [5, 5.41) is 6.09. The van der Waals surface area contributed by atoms with Gasteiger partial charge in [-0.3, -0.25) is 4.79 Å². The predicted molar refractivity (Wildman–Crippen MR) is 114 cm³/mol. The standard InChI is InChI=1S/C24H28F6N2O2/c1-15(2)14-22(5-7-31-8-6-22)21(33)32-19(20-4-3-9-34-20)12-16-10-17(23(25,26)27)13-18(11-16)24(28,29)30/h3-4,9-11,13,15,19,31H,5-8,12,14H2,1-2H3,(H,32,33). The lowest BCUT2D eigenvalue weighted by Crippen LogP contribution is -2.49. The highest BCUT2D eigenvalue weighted by atomic mass is 19.4. The fourth-order valence-electron chi connectivity index (χ4n) is 4.61. The molecule has 0 spiro atoms. The van der Waals surface area contributed by atoms with E-state index in [0.717, 1.165) is 0 Å². The Morgan fingerprint density at radius 1 is 1.06 bits per heavy atom. The molecule has 1 aliphatic heterocycles. The lowest BCUT2D eigenvalue weighted by molar-refractivity contribution is -0.143. The number of alkyl halides is 6. The molecule has 4 nitrogen and oxygen atoms in total. The smallest absolute Gasteiger partial charge is 0.416 e. The Balaban J connectivity index is 1.95. The van der Waals surface area contributed by atoms with Crippen molar-refractivity contribution in [2.45, 2.75) is 57.9 Å². The topological polar surface area (TPSA) is 54.3 Å².